The predicted octanol–water partition coefficient (Wildman–Crippen LogP) is 0.978. The van der Waals surface area contributed by atoms with E-state index in [2.05, 4.69) is 15.3 Å². The van der Waals surface area contributed by atoms with Crippen molar-refractivity contribution in [1.82, 2.24) is 15.3 Å². The summed E-state index contributed by atoms with van der Waals surface area (Å²) < 4.78 is 35.1. The Morgan fingerprint density at radius 1 is 1.57 bits per heavy atom. The monoisotopic (exact) mass is 207 g/mol. The van der Waals surface area contributed by atoms with Gasteiger partial charge in [0.2, 0.25) is 5.91 Å². The predicted molar refractivity (Wildman–Crippen MR) is 41.1 cm³/mol. The summed E-state index contributed by atoms with van der Waals surface area (Å²) in [4.78, 5) is 17.0. The highest BCUT2D eigenvalue weighted by Crippen LogP contribution is 2.18. The number of imidazole rings is 1. The number of carbonyl (C=O) groups is 1. The van der Waals surface area contributed by atoms with Crippen LogP contribution in [0, 0.1) is 0 Å². The van der Waals surface area contributed by atoms with Gasteiger partial charge in [0.1, 0.15) is 6.42 Å². The van der Waals surface area contributed by atoms with E-state index in [1.807, 2.05) is 0 Å². The minimum absolute atomic E-state index is 0.0227. The van der Waals surface area contributed by atoms with E-state index in [9.17, 15) is 18.0 Å². The first kappa shape index (κ1) is 10.6. The number of halogens is 3. The zero-order valence-corrected chi connectivity index (χ0v) is 7.06. The Morgan fingerprint density at radius 3 is 2.79 bits per heavy atom. The third-order valence-corrected chi connectivity index (χ3v) is 1.39. The van der Waals surface area contributed by atoms with E-state index in [0.717, 1.165) is 0 Å². The lowest BCUT2D eigenvalue weighted by molar-refractivity contribution is -0.153. The fourth-order valence-corrected chi connectivity index (χ4v) is 0.820. The van der Waals surface area contributed by atoms with Crippen molar-refractivity contribution < 1.29 is 18.0 Å². The number of aromatic nitrogens is 2. The van der Waals surface area contributed by atoms with E-state index in [1.54, 1.807) is 0 Å². The standard InChI is InChI=1S/C7H8F3N3O/c8-7(9,10)1-6(14)12-3-5-2-11-4-13-5/h2,4H,1,3H2,(H,11,13)(H,12,14). The van der Waals surface area contributed by atoms with E-state index >= 15 is 0 Å². The molecule has 0 atom stereocenters. The van der Waals surface area contributed by atoms with Crippen LogP contribution in [-0.2, 0) is 11.3 Å². The number of rotatable bonds is 3. The Balaban J connectivity index is 2.29. The highest BCUT2D eigenvalue weighted by atomic mass is 19.4. The fourth-order valence-electron chi connectivity index (χ4n) is 0.820. The highest BCUT2D eigenvalue weighted by Gasteiger charge is 2.30. The number of amides is 1. The zero-order valence-electron chi connectivity index (χ0n) is 7.06. The Labute approximate surface area is 77.5 Å². The summed E-state index contributed by atoms with van der Waals surface area (Å²) in [6.45, 7) is 0.0227. The summed E-state index contributed by atoms with van der Waals surface area (Å²) >= 11 is 0. The summed E-state index contributed by atoms with van der Waals surface area (Å²) in [7, 11) is 0. The molecule has 0 aromatic carbocycles. The Kier molecular flexibility index (Phi) is 3.10. The number of nitrogens with one attached hydrogen (secondary N) is 2. The van der Waals surface area contributed by atoms with Crippen molar-refractivity contribution >= 4 is 5.91 Å². The van der Waals surface area contributed by atoms with Crippen LogP contribution in [0.15, 0.2) is 12.5 Å². The van der Waals surface area contributed by atoms with Crippen molar-refractivity contribution in [2.75, 3.05) is 0 Å². The van der Waals surface area contributed by atoms with Crippen molar-refractivity contribution in [2.45, 2.75) is 19.1 Å². The Morgan fingerprint density at radius 2 is 2.29 bits per heavy atom. The SMILES string of the molecule is O=C(CC(F)(F)F)NCc1cnc[nH]1. The van der Waals surface area contributed by atoms with Crippen LogP contribution in [-0.4, -0.2) is 22.1 Å². The minimum atomic E-state index is -4.46. The van der Waals surface area contributed by atoms with Gasteiger partial charge in [-0.2, -0.15) is 13.2 Å². The molecule has 1 heterocycles. The van der Waals surface area contributed by atoms with Crippen LogP contribution in [0.4, 0.5) is 13.2 Å². The minimum Gasteiger partial charge on any atom is -0.350 e. The van der Waals surface area contributed by atoms with Gasteiger partial charge in [-0.05, 0) is 0 Å². The molecule has 14 heavy (non-hydrogen) atoms. The van der Waals surface area contributed by atoms with Crippen LogP contribution in [0.5, 0.6) is 0 Å². The van der Waals surface area contributed by atoms with Crippen molar-refractivity contribution in [3.8, 4) is 0 Å². The van der Waals surface area contributed by atoms with Crippen molar-refractivity contribution in [2.24, 2.45) is 0 Å². The average molecular weight is 207 g/mol. The third kappa shape index (κ3) is 3.92. The molecule has 7 heteroatoms. The Bertz CT molecular complexity index is 294. The quantitative estimate of drug-likeness (QED) is 0.776. The van der Waals surface area contributed by atoms with Gasteiger partial charge < -0.3 is 10.3 Å². The van der Waals surface area contributed by atoms with Crippen LogP contribution >= 0.6 is 0 Å². The average Bonchev–Trinajstić information content (AvgIpc) is 2.49. The highest BCUT2D eigenvalue weighted by molar-refractivity contribution is 5.76. The molecule has 0 radical (unpaired) electrons. The summed E-state index contributed by atoms with van der Waals surface area (Å²) in [5.41, 5.74) is 0.556. The molecule has 0 aliphatic heterocycles. The number of nitrogens with zero attached hydrogens (tertiary/aromatic N) is 1. The molecule has 0 bridgehead atoms. The lowest BCUT2D eigenvalue weighted by Crippen LogP contribution is -2.28. The van der Waals surface area contributed by atoms with Gasteiger partial charge in [-0.3, -0.25) is 4.79 Å². The number of hydrogen-bond acceptors (Lipinski definition) is 2. The molecule has 0 aliphatic rings. The molecule has 4 nitrogen and oxygen atoms in total. The second kappa shape index (κ2) is 4.12. The second-order valence-electron chi connectivity index (χ2n) is 2.65. The van der Waals surface area contributed by atoms with Crippen LogP contribution in [0.25, 0.3) is 0 Å². The molecule has 1 aromatic heterocycles. The van der Waals surface area contributed by atoms with Crippen LogP contribution in [0.3, 0.4) is 0 Å². The second-order valence-corrected chi connectivity index (χ2v) is 2.65. The van der Waals surface area contributed by atoms with Gasteiger partial charge in [0.15, 0.2) is 0 Å². The molecule has 0 unspecified atom stereocenters. The lowest BCUT2D eigenvalue weighted by Gasteiger charge is -2.06. The summed E-state index contributed by atoms with van der Waals surface area (Å²) in [5.74, 6) is -1.05. The molecule has 0 spiro atoms. The van der Waals surface area contributed by atoms with Crippen molar-refractivity contribution in [1.29, 1.82) is 0 Å². The first-order valence-corrected chi connectivity index (χ1v) is 3.78. The van der Waals surface area contributed by atoms with Crippen molar-refractivity contribution in [3.05, 3.63) is 18.2 Å². The fraction of sp³-hybridized carbons (Fsp3) is 0.429. The molecule has 0 aliphatic carbocycles. The smallest absolute Gasteiger partial charge is 0.350 e. The summed E-state index contributed by atoms with van der Waals surface area (Å²) in [5, 5.41) is 2.11. The maximum Gasteiger partial charge on any atom is 0.397 e. The lowest BCUT2D eigenvalue weighted by atomic mass is 10.4. The molecule has 0 fully saturated rings. The van der Waals surface area contributed by atoms with Gasteiger partial charge in [0.25, 0.3) is 0 Å². The van der Waals surface area contributed by atoms with Crippen LogP contribution in [0.2, 0.25) is 0 Å². The first-order valence-electron chi connectivity index (χ1n) is 3.78. The van der Waals surface area contributed by atoms with E-state index in [-0.39, 0.29) is 6.54 Å². The van der Waals surface area contributed by atoms with Gasteiger partial charge >= 0.3 is 6.18 Å². The van der Waals surface area contributed by atoms with Crippen LogP contribution in [0.1, 0.15) is 12.1 Å². The molecule has 2 N–H and O–H groups in total. The number of carbonyl (C=O) groups excluding carboxylic acids is 1. The molecular formula is C7H8F3N3O. The van der Waals surface area contributed by atoms with Crippen LogP contribution < -0.4 is 5.32 Å². The Hall–Kier alpha value is -1.53. The van der Waals surface area contributed by atoms with Gasteiger partial charge in [0.05, 0.1) is 18.6 Å². The number of H-pyrrole nitrogens is 1. The van der Waals surface area contributed by atoms with E-state index in [0.29, 0.717) is 5.69 Å². The number of aromatic amines is 1. The molecule has 1 aromatic rings. The van der Waals surface area contributed by atoms with E-state index < -0.39 is 18.5 Å². The summed E-state index contributed by atoms with van der Waals surface area (Å²) in [6, 6.07) is 0. The van der Waals surface area contributed by atoms with Gasteiger partial charge in [0, 0.05) is 6.20 Å². The van der Waals surface area contributed by atoms with E-state index in [4.69, 9.17) is 0 Å². The maximum atomic E-state index is 11.7. The van der Waals surface area contributed by atoms with Gasteiger partial charge in [-0.1, -0.05) is 0 Å². The normalized spacial score (nSPS) is 11.4. The van der Waals surface area contributed by atoms with Gasteiger partial charge in [-0.15, -0.1) is 0 Å². The van der Waals surface area contributed by atoms with E-state index in [1.165, 1.54) is 12.5 Å². The molecular weight excluding hydrogens is 199 g/mol. The van der Waals surface area contributed by atoms with Gasteiger partial charge in [-0.25, -0.2) is 4.98 Å². The molecule has 0 saturated heterocycles. The summed E-state index contributed by atoms with van der Waals surface area (Å²) in [6.07, 6.45) is -3.11. The molecule has 78 valence electrons. The molecule has 1 amide bonds. The topological polar surface area (TPSA) is 57.8 Å². The zero-order chi connectivity index (χ0) is 10.6. The largest absolute Gasteiger partial charge is 0.397 e. The van der Waals surface area contributed by atoms with Crippen molar-refractivity contribution in [3.63, 3.8) is 0 Å². The first-order chi connectivity index (χ1) is 6.47. The maximum absolute atomic E-state index is 11.7. The molecule has 1 rings (SSSR count). The number of alkyl halides is 3. The number of hydrogen-bond donors (Lipinski definition) is 2. The third-order valence-electron chi connectivity index (χ3n) is 1.39. The molecule has 0 saturated carbocycles.